The van der Waals surface area contributed by atoms with E-state index in [-0.39, 0.29) is 6.03 Å². The predicted octanol–water partition coefficient (Wildman–Crippen LogP) is 3.24. The molecule has 0 fully saturated rings. The van der Waals surface area contributed by atoms with Gasteiger partial charge < -0.3 is 24.8 Å². The maximum absolute atomic E-state index is 12.3. The molecule has 6 nitrogen and oxygen atoms in total. The van der Waals surface area contributed by atoms with Crippen LogP contribution in [0.15, 0.2) is 42.5 Å². The van der Waals surface area contributed by atoms with Crippen molar-refractivity contribution >= 4 is 6.03 Å². The molecule has 0 atom stereocenters. The molecule has 2 N–H and O–H groups in total. The molecule has 0 spiro atoms. The molecule has 2 aromatic rings. The summed E-state index contributed by atoms with van der Waals surface area (Å²) >= 11 is 0. The van der Waals surface area contributed by atoms with Crippen LogP contribution in [0.1, 0.15) is 25.0 Å². The van der Waals surface area contributed by atoms with Gasteiger partial charge in [-0.2, -0.15) is 0 Å². The number of urea groups is 1. The van der Waals surface area contributed by atoms with E-state index in [1.54, 1.807) is 7.11 Å². The van der Waals surface area contributed by atoms with Gasteiger partial charge in [0.05, 0.1) is 12.6 Å². The Morgan fingerprint density at radius 3 is 2.48 bits per heavy atom. The topological polar surface area (TPSA) is 68.8 Å². The van der Waals surface area contributed by atoms with E-state index in [2.05, 4.69) is 10.6 Å². The lowest BCUT2D eigenvalue weighted by atomic mass is 9.94. The minimum Gasteiger partial charge on any atom is -0.497 e. The summed E-state index contributed by atoms with van der Waals surface area (Å²) in [6.45, 7) is 5.57. The Hall–Kier alpha value is -2.89. The molecule has 0 saturated carbocycles. The SMILES string of the molecule is COc1ccc(CCNC(=O)NC(C)(C)c2ccc3c(c2)OCCO3)cc1. The van der Waals surface area contributed by atoms with Crippen molar-refractivity contribution in [1.29, 1.82) is 0 Å². The van der Waals surface area contributed by atoms with Crippen molar-refractivity contribution in [2.45, 2.75) is 25.8 Å². The first-order chi connectivity index (χ1) is 13.0. The second-order valence-corrected chi connectivity index (χ2v) is 6.96. The van der Waals surface area contributed by atoms with Crippen molar-refractivity contribution in [3.05, 3.63) is 53.6 Å². The normalized spacial score (nSPS) is 13.0. The Bertz CT molecular complexity index is 787. The predicted molar refractivity (Wildman–Crippen MR) is 104 cm³/mol. The number of rotatable bonds is 6. The molecule has 6 heteroatoms. The highest BCUT2D eigenvalue weighted by atomic mass is 16.6. The third kappa shape index (κ3) is 4.84. The van der Waals surface area contributed by atoms with Crippen molar-refractivity contribution in [1.82, 2.24) is 10.6 Å². The van der Waals surface area contributed by atoms with Gasteiger partial charge in [0.25, 0.3) is 0 Å². The number of amides is 2. The number of ether oxygens (including phenoxy) is 3. The van der Waals surface area contributed by atoms with E-state index in [4.69, 9.17) is 14.2 Å². The number of benzene rings is 2. The molecular weight excluding hydrogens is 344 g/mol. The number of hydrogen-bond acceptors (Lipinski definition) is 4. The largest absolute Gasteiger partial charge is 0.497 e. The molecule has 144 valence electrons. The van der Waals surface area contributed by atoms with Gasteiger partial charge in [-0.1, -0.05) is 18.2 Å². The summed E-state index contributed by atoms with van der Waals surface area (Å²) in [7, 11) is 1.64. The molecule has 0 bridgehead atoms. The van der Waals surface area contributed by atoms with E-state index >= 15 is 0 Å². The van der Waals surface area contributed by atoms with Crippen molar-refractivity contribution in [3.8, 4) is 17.2 Å². The second kappa shape index (κ2) is 8.20. The van der Waals surface area contributed by atoms with Crippen molar-refractivity contribution in [3.63, 3.8) is 0 Å². The van der Waals surface area contributed by atoms with Gasteiger partial charge in [-0.05, 0) is 55.7 Å². The monoisotopic (exact) mass is 370 g/mol. The maximum atomic E-state index is 12.3. The van der Waals surface area contributed by atoms with Crippen molar-refractivity contribution in [2.24, 2.45) is 0 Å². The minimum atomic E-state index is -0.542. The van der Waals surface area contributed by atoms with Gasteiger partial charge in [0.2, 0.25) is 0 Å². The standard InChI is InChI=1S/C21H26N2O4/c1-21(2,16-6-9-18-19(14-16)27-13-12-26-18)23-20(24)22-11-10-15-4-7-17(25-3)8-5-15/h4-9,14H,10-13H2,1-3H3,(H2,22,23,24). The molecule has 27 heavy (non-hydrogen) atoms. The zero-order chi connectivity index (χ0) is 19.3. The molecule has 1 aliphatic heterocycles. The lowest BCUT2D eigenvalue weighted by molar-refractivity contribution is 0.171. The molecule has 2 amide bonds. The lowest BCUT2D eigenvalue weighted by Gasteiger charge is -2.28. The van der Waals surface area contributed by atoms with Crippen molar-refractivity contribution in [2.75, 3.05) is 26.9 Å². The fraction of sp³-hybridized carbons (Fsp3) is 0.381. The van der Waals surface area contributed by atoms with Crippen LogP contribution in [-0.4, -0.2) is 32.9 Å². The number of nitrogens with one attached hydrogen (secondary N) is 2. The first kappa shape index (κ1) is 18.9. The van der Waals surface area contributed by atoms with E-state index in [0.29, 0.717) is 25.5 Å². The van der Waals surface area contributed by atoms with Crippen LogP contribution in [0, 0.1) is 0 Å². The zero-order valence-electron chi connectivity index (χ0n) is 16.0. The van der Waals surface area contributed by atoms with Crippen LogP contribution in [0.3, 0.4) is 0 Å². The van der Waals surface area contributed by atoms with E-state index < -0.39 is 5.54 Å². The summed E-state index contributed by atoms with van der Waals surface area (Å²) in [5.74, 6) is 2.28. The van der Waals surface area contributed by atoms with Gasteiger partial charge in [-0.3, -0.25) is 0 Å². The van der Waals surface area contributed by atoms with E-state index in [0.717, 1.165) is 29.0 Å². The number of fused-ring (bicyclic) bond motifs is 1. The van der Waals surface area contributed by atoms with Gasteiger partial charge in [0, 0.05) is 6.54 Å². The second-order valence-electron chi connectivity index (χ2n) is 6.96. The van der Waals surface area contributed by atoms with Gasteiger partial charge in [0.15, 0.2) is 11.5 Å². The number of hydrogen-bond donors (Lipinski definition) is 2. The molecule has 0 radical (unpaired) electrons. The van der Waals surface area contributed by atoms with Crippen LogP contribution in [0.4, 0.5) is 4.79 Å². The Labute approximate surface area is 159 Å². The average molecular weight is 370 g/mol. The lowest BCUT2D eigenvalue weighted by Crippen LogP contribution is -2.46. The summed E-state index contributed by atoms with van der Waals surface area (Å²) in [4.78, 5) is 12.3. The van der Waals surface area contributed by atoms with Crippen LogP contribution in [0.2, 0.25) is 0 Å². The van der Waals surface area contributed by atoms with Gasteiger partial charge >= 0.3 is 6.03 Å². The first-order valence-corrected chi connectivity index (χ1v) is 9.07. The highest BCUT2D eigenvalue weighted by Gasteiger charge is 2.25. The Morgan fingerprint density at radius 1 is 1.07 bits per heavy atom. The fourth-order valence-corrected chi connectivity index (χ4v) is 2.94. The van der Waals surface area contributed by atoms with Crippen LogP contribution >= 0.6 is 0 Å². The third-order valence-electron chi connectivity index (χ3n) is 4.55. The molecule has 0 unspecified atom stereocenters. The molecule has 1 aliphatic rings. The van der Waals surface area contributed by atoms with Gasteiger partial charge in [0.1, 0.15) is 19.0 Å². The van der Waals surface area contributed by atoms with E-state index in [1.807, 2.05) is 56.3 Å². The van der Waals surface area contributed by atoms with Crippen LogP contribution in [0.5, 0.6) is 17.2 Å². The Balaban J connectivity index is 1.52. The highest BCUT2D eigenvalue weighted by Crippen LogP contribution is 2.34. The molecule has 0 aromatic heterocycles. The van der Waals surface area contributed by atoms with Gasteiger partial charge in [-0.25, -0.2) is 4.79 Å². The zero-order valence-corrected chi connectivity index (χ0v) is 16.0. The van der Waals surface area contributed by atoms with E-state index in [1.165, 1.54) is 0 Å². The molecule has 1 heterocycles. The van der Waals surface area contributed by atoms with Gasteiger partial charge in [-0.15, -0.1) is 0 Å². The number of carbonyl (C=O) groups excluding carboxylic acids is 1. The molecular formula is C21H26N2O4. The molecule has 0 aliphatic carbocycles. The quantitative estimate of drug-likeness (QED) is 0.819. The van der Waals surface area contributed by atoms with Crippen LogP contribution < -0.4 is 24.8 Å². The van der Waals surface area contributed by atoms with Crippen LogP contribution in [-0.2, 0) is 12.0 Å². The average Bonchev–Trinajstić information content (AvgIpc) is 2.67. The molecule has 0 saturated heterocycles. The minimum absolute atomic E-state index is 0.205. The molecule has 2 aromatic carbocycles. The smallest absolute Gasteiger partial charge is 0.315 e. The highest BCUT2D eigenvalue weighted by molar-refractivity contribution is 5.75. The summed E-state index contributed by atoms with van der Waals surface area (Å²) < 4.78 is 16.3. The van der Waals surface area contributed by atoms with E-state index in [9.17, 15) is 4.79 Å². The molecule has 3 rings (SSSR count). The maximum Gasteiger partial charge on any atom is 0.315 e. The third-order valence-corrected chi connectivity index (χ3v) is 4.55. The fourth-order valence-electron chi connectivity index (χ4n) is 2.94. The Kier molecular flexibility index (Phi) is 5.74. The summed E-state index contributed by atoms with van der Waals surface area (Å²) in [5.41, 5.74) is 1.55. The first-order valence-electron chi connectivity index (χ1n) is 9.07. The summed E-state index contributed by atoms with van der Waals surface area (Å²) in [6.07, 6.45) is 0.752. The Morgan fingerprint density at radius 2 is 1.78 bits per heavy atom. The van der Waals surface area contributed by atoms with Crippen molar-refractivity contribution < 1.29 is 19.0 Å². The summed E-state index contributed by atoms with van der Waals surface area (Å²) in [6, 6.07) is 13.4. The number of carbonyl (C=O) groups is 1. The number of methoxy groups -OCH3 is 1. The summed E-state index contributed by atoms with van der Waals surface area (Å²) in [5, 5.41) is 5.93. The van der Waals surface area contributed by atoms with Crippen LogP contribution in [0.25, 0.3) is 0 Å².